The largest absolute Gasteiger partial charge is 0.462 e. The second-order valence-electron chi connectivity index (χ2n) is 8.01. The fraction of sp³-hybridized carbons (Fsp3) is 0.700. The third-order valence-corrected chi connectivity index (χ3v) is 4.28. The van der Waals surface area contributed by atoms with Crippen LogP contribution < -0.4 is 10.6 Å². The van der Waals surface area contributed by atoms with Gasteiger partial charge in [-0.1, -0.05) is 13.3 Å². The van der Waals surface area contributed by atoms with Gasteiger partial charge in [0.25, 0.3) is 0 Å². The molecule has 1 unspecified atom stereocenters. The number of hydrogen-bond donors (Lipinski definition) is 2. The van der Waals surface area contributed by atoms with Gasteiger partial charge < -0.3 is 25.0 Å². The molecule has 2 heterocycles. The summed E-state index contributed by atoms with van der Waals surface area (Å²) in [6, 6.07) is -0.0471. The van der Waals surface area contributed by atoms with Crippen LogP contribution in [0.15, 0.2) is 6.20 Å². The Morgan fingerprint density at radius 3 is 2.72 bits per heavy atom. The van der Waals surface area contributed by atoms with Crippen molar-refractivity contribution in [1.82, 2.24) is 14.9 Å². The van der Waals surface area contributed by atoms with Crippen LogP contribution >= 0.6 is 0 Å². The number of rotatable bonds is 8. The molecule has 1 aromatic rings. The van der Waals surface area contributed by atoms with E-state index in [1.165, 1.54) is 6.20 Å². The Labute approximate surface area is 172 Å². The molecule has 0 aromatic carbocycles. The monoisotopic (exact) mass is 407 g/mol. The number of ether oxygens (including phenoxy) is 2. The molecule has 1 aliphatic rings. The molecule has 0 radical (unpaired) electrons. The zero-order valence-electron chi connectivity index (χ0n) is 18.1. The Morgan fingerprint density at radius 1 is 1.31 bits per heavy atom. The van der Waals surface area contributed by atoms with Crippen LogP contribution in [0.4, 0.5) is 16.6 Å². The second-order valence-corrected chi connectivity index (χ2v) is 8.01. The zero-order valence-corrected chi connectivity index (χ0v) is 18.1. The molecular formula is C20H33N5O4. The Morgan fingerprint density at radius 2 is 2.07 bits per heavy atom. The van der Waals surface area contributed by atoms with Crippen molar-refractivity contribution in [1.29, 1.82) is 0 Å². The average molecular weight is 408 g/mol. The predicted molar refractivity (Wildman–Crippen MR) is 111 cm³/mol. The standard InChI is InChI=1S/C20H33N5O4/c1-6-8-10-21-18-22-12-15(17(26)28-7-2)16(24-18)23-14-9-11-25(13-14)19(27)29-20(3,4)5/h12,14H,6-11,13H2,1-5H3,(H2,21,22,23,24). The van der Waals surface area contributed by atoms with E-state index >= 15 is 0 Å². The maximum atomic E-state index is 12.3. The smallest absolute Gasteiger partial charge is 0.410 e. The van der Waals surface area contributed by atoms with Crippen molar-refractivity contribution in [2.75, 3.05) is 36.9 Å². The third kappa shape index (κ3) is 7.07. The van der Waals surface area contributed by atoms with Gasteiger partial charge in [-0.25, -0.2) is 14.6 Å². The number of likely N-dealkylation sites (tertiary alicyclic amines) is 1. The van der Waals surface area contributed by atoms with Crippen LogP contribution in [0.1, 0.15) is 64.2 Å². The van der Waals surface area contributed by atoms with Crippen LogP contribution in [0.5, 0.6) is 0 Å². The summed E-state index contributed by atoms with van der Waals surface area (Å²) in [5, 5.41) is 6.45. The highest BCUT2D eigenvalue weighted by atomic mass is 16.6. The van der Waals surface area contributed by atoms with E-state index in [9.17, 15) is 9.59 Å². The first-order chi connectivity index (χ1) is 13.7. The fourth-order valence-electron chi connectivity index (χ4n) is 2.88. The average Bonchev–Trinajstić information content (AvgIpc) is 3.10. The number of nitrogens with one attached hydrogen (secondary N) is 2. The van der Waals surface area contributed by atoms with Gasteiger partial charge >= 0.3 is 12.1 Å². The molecular weight excluding hydrogens is 374 g/mol. The highest BCUT2D eigenvalue weighted by Crippen LogP contribution is 2.21. The molecule has 0 saturated carbocycles. The molecule has 1 saturated heterocycles. The quantitative estimate of drug-likeness (QED) is 0.499. The van der Waals surface area contributed by atoms with Gasteiger partial charge in [0.05, 0.1) is 6.61 Å². The van der Waals surface area contributed by atoms with Crippen molar-refractivity contribution in [3.05, 3.63) is 11.8 Å². The van der Waals surface area contributed by atoms with E-state index in [0.29, 0.717) is 24.9 Å². The van der Waals surface area contributed by atoms with Crippen molar-refractivity contribution in [2.45, 2.75) is 65.5 Å². The lowest BCUT2D eigenvalue weighted by atomic mass is 10.2. The normalized spacial score (nSPS) is 16.4. The molecule has 0 spiro atoms. The Balaban J connectivity index is 2.09. The Kier molecular flexibility index (Phi) is 8.04. The van der Waals surface area contributed by atoms with Gasteiger partial charge in [0, 0.05) is 31.9 Å². The lowest BCUT2D eigenvalue weighted by molar-refractivity contribution is 0.0293. The van der Waals surface area contributed by atoms with E-state index < -0.39 is 11.6 Å². The summed E-state index contributed by atoms with van der Waals surface area (Å²) in [5.41, 5.74) is -0.255. The lowest BCUT2D eigenvalue weighted by Gasteiger charge is -2.24. The van der Waals surface area contributed by atoms with Crippen molar-refractivity contribution >= 4 is 23.8 Å². The molecule has 0 bridgehead atoms. The van der Waals surface area contributed by atoms with E-state index in [4.69, 9.17) is 9.47 Å². The van der Waals surface area contributed by atoms with Crippen molar-refractivity contribution in [3.63, 3.8) is 0 Å². The summed E-state index contributed by atoms with van der Waals surface area (Å²) in [7, 11) is 0. The predicted octanol–water partition coefficient (Wildman–Crippen LogP) is 3.29. The molecule has 162 valence electrons. The van der Waals surface area contributed by atoms with E-state index in [1.54, 1.807) is 11.8 Å². The summed E-state index contributed by atoms with van der Waals surface area (Å²) in [6.45, 7) is 11.5. The summed E-state index contributed by atoms with van der Waals surface area (Å²) >= 11 is 0. The number of hydrogen-bond acceptors (Lipinski definition) is 8. The summed E-state index contributed by atoms with van der Waals surface area (Å²) in [6.07, 6.45) is 3.92. The van der Waals surface area contributed by atoms with Gasteiger partial charge in [-0.15, -0.1) is 0 Å². The number of carbonyl (C=O) groups is 2. The number of esters is 1. The molecule has 9 heteroatoms. The molecule has 29 heavy (non-hydrogen) atoms. The number of unbranched alkanes of at least 4 members (excludes halogenated alkanes) is 1. The van der Waals surface area contributed by atoms with E-state index in [2.05, 4.69) is 27.5 Å². The van der Waals surface area contributed by atoms with Crippen molar-refractivity contribution in [3.8, 4) is 0 Å². The van der Waals surface area contributed by atoms with Gasteiger partial charge in [0.2, 0.25) is 5.95 Å². The zero-order chi connectivity index (χ0) is 21.4. The highest BCUT2D eigenvalue weighted by Gasteiger charge is 2.31. The summed E-state index contributed by atoms with van der Waals surface area (Å²) < 4.78 is 10.6. The van der Waals surface area contributed by atoms with Crippen LogP contribution in [0, 0.1) is 0 Å². The number of carbonyl (C=O) groups excluding carboxylic acids is 2. The molecule has 1 atom stereocenters. The molecule has 1 aromatic heterocycles. The molecule has 1 amide bonds. The third-order valence-electron chi connectivity index (χ3n) is 4.28. The fourth-order valence-corrected chi connectivity index (χ4v) is 2.88. The van der Waals surface area contributed by atoms with E-state index in [-0.39, 0.29) is 24.3 Å². The molecule has 2 rings (SSSR count). The van der Waals surface area contributed by atoms with Gasteiger partial charge in [0.1, 0.15) is 17.0 Å². The number of aromatic nitrogens is 2. The van der Waals surface area contributed by atoms with Crippen LogP contribution in [0.2, 0.25) is 0 Å². The maximum absolute atomic E-state index is 12.3. The highest BCUT2D eigenvalue weighted by molar-refractivity contribution is 5.94. The van der Waals surface area contributed by atoms with Crippen LogP contribution in [0.25, 0.3) is 0 Å². The minimum Gasteiger partial charge on any atom is -0.462 e. The first kappa shape index (κ1) is 22.7. The molecule has 1 aliphatic heterocycles. The van der Waals surface area contributed by atoms with E-state index in [0.717, 1.165) is 25.8 Å². The number of amides is 1. The van der Waals surface area contributed by atoms with Gasteiger partial charge in [-0.05, 0) is 40.5 Å². The summed E-state index contributed by atoms with van der Waals surface area (Å²) in [5.74, 6) is 0.390. The van der Waals surface area contributed by atoms with E-state index in [1.807, 2.05) is 20.8 Å². The number of nitrogens with zero attached hydrogens (tertiary/aromatic N) is 3. The van der Waals surface area contributed by atoms with Crippen LogP contribution in [-0.2, 0) is 9.47 Å². The van der Waals surface area contributed by atoms with Crippen molar-refractivity contribution in [2.24, 2.45) is 0 Å². The summed E-state index contributed by atoms with van der Waals surface area (Å²) in [4.78, 5) is 34.9. The molecule has 2 N–H and O–H groups in total. The van der Waals surface area contributed by atoms with Gasteiger partial charge in [0.15, 0.2) is 0 Å². The molecule has 1 fully saturated rings. The SMILES string of the molecule is CCCCNc1ncc(C(=O)OCC)c(NC2CCN(C(=O)OC(C)(C)C)C2)n1. The van der Waals surface area contributed by atoms with Gasteiger partial charge in [-0.3, -0.25) is 0 Å². The number of anilines is 2. The molecule has 9 nitrogen and oxygen atoms in total. The lowest BCUT2D eigenvalue weighted by Crippen LogP contribution is -2.36. The Hall–Kier alpha value is -2.58. The van der Waals surface area contributed by atoms with Crippen molar-refractivity contribution < 1.29 is 19.1 Å². The minimum atomic E-state index is -0.536. The first-order valence-corrected chi connectivity index (χ1v) is 10.3. The maximum Gasteiger partial charge on any atom is 0.410 e. The molecule has 0 aliphatic carbocycles. The topological polar surface area (TPSA) is 106 Å². The first-order valence-electron chi connectivity index (χ1n) is 10.3. The van der Waals surface area contributed by atoms with Crippen LogP contribution in [0.3, 0.4) is 0 Å². The van der Waals surface area contributed by atoms with Gasteiger partial charge in [-0.2, -0.15) is 4.98 Å². The second kappa shape index (κ2) is 10.3. The van der Waals surface area contributed by atoms with Crippen LogP contribution in [-0.4, -0.2) is 64.8 Å². The minimum absolute atomic E-state index is 0.0471. The Bertz CT molecular complexity index is 705.